The van der Waals surface area contributed by atoms with E-state index in [0.717, 1.165) is 33.5 Å². The van der Waals surface area contributed by atoms with E-state index in [-0.39, 0.29) is 5.41 Å². The van der Waals surface area contributed by atoms with Crippen LogP contribution in [0.25, 0.3) is 89.2 Å². The molecule has 2 nitrogen and oxygen atoms in total. The molecule has 1 heterocycles. The van der Waals surface area contributed by atoms with Crippen LogP contribution >= 0.6 is 0 Å². The summed E-state index contributed by atoms with van der Waals surface area (Å²) in [6.45, 7) is 2.40. The molecule has 11 rings (SSSR count). The topological polar surface area (TPSA) is 25.8 Å². The Balaban J connectivity index is 1.06. The summed E-state index contributed by atoms with van der Waals surface area (Å²) in [6.07, 6.45) is 0. The van der Waals surface area contributed by atoms with E-state index < -0.39 is 0 Å². The summed E-state index contributed by atoms with van der Waals surface area (Å²) in [7, 11) is 0. The zero-order valence-electron chi connectivity index (χ0n) is 33.3. The lowest BCUT2D eigenvalue weighted by Gasteiger charge is -2.29. The zero-order valence-corrected chi connectivity index (χ0v) is 33.3. The number of aromatic nitrogens is 2. The van der Waals surface area contributed by atoms with Crippen molar-refractivity contribution in [2.24, 2.45) is 0 Å². The van der Waals surface area contributed by atoms with Crippen molar-refractivity contribution < 1.29 is 0 Å². The van der Waals surface area contributed by atoms with Gasteiger partial charge in [-0.3, -0.25) is 0 Å². The van der Waals surface area contributed by atoms with Crippen molar-refractivity contribution in [3.05, 3.63) is 241 Å². The van der Waals surface area contributed by atoms with Crippen LogP contribution in [0.5, 0.6) is 0 Å². The van der Waals surface area contributed by atoms with E-state index in [4.69, 9.17) is 9.97 Å². The second kappa shape index (κ2) is 14.6. The van der Waals surface area contributed by atoms with Gasteiger partial charge in [0, 0.05) is 22.1 Å². The molecule has 0 spiro atoms. The molecule has 0 N–H and O–H groups in total. The molecule has 282 valence electrons. The number of rotatable bonds is 7. The number of hydrogen-bond acceptors (Lipinski definition) is 2. The van der Waals surface area contributed by atoms with Gasteiger partial charge in [0.25, 0.3) is 0 Å². The number of nitrogens with zero attached hydrogens (tertiary/aromatic N) is 2. The zero-order chi connectivity index (χ0) is 40.0. The first-order chi connectivity index (χ1) is 29.6. The number of benzene rings is 9. The molecule has 0 fully saturated rings. The standard InChI is InChI=1S/C58H40N2/c1-58(45-23-12-5-13-24-45)52-28-16-27-47(41-19-8-3-9-20-41)56(52)51-34-33-44(37-53(51)58)46-35-36-50(49-26-15-14-25-48(46)49)55-38-54(59-57(60-55)43-21-10-4-11-22-43)42-31-29-40(30-32-42)39-17-6-2-7-18-39/h2-38H,1H3. The Kier molecular flexibility index (Phi) is 8.64. The van der Waals surface area contributed by atoms with Crippen LogP contribution < -0.4 is 0 Å². The monoisotopic (exact) mass is 764 g/mol. The highest BCUT2D eigenvalue weighted by Gasteiger charge is 2.42. The minimum Gasteiger partial charge on any atom is -0.228 e. The van der Waals surface area contributed by atoms with Gasteiger partial charge in [0.15, 0.2) is 5.82 Å². The molecule has 2 heteroatoms. The lowest BCUT2D eigenvalue weighted by molar-refractivity contribution is 0.714. The normalized spacial score (nSPS) is 14.2. The van der Waals surface area contributed by atoms with E-state index in [0.29, 0.717) is 5.82 Å². The minimum atomic E-state index is -0.340. The molecule has 1 aliphatic carbocycles. The summed E-state index contributed by atoms with van der Waals surface area (Å²) in [4.78, 5) is 10.4. The highest BCUT2D eigenvalue weighted by Crippen LogP contribution is 2.56. The second-order valence-corrected chi connectivity index (χ2v) is 15.8. The fourth-order valence-corrected chi connectivity index (χ4v) is 9.38. The van der Waals surface area contributed by atoms with Gasteiger partial charge in [0.1, 0.15) is 0 Å². The van der Waals surface area contributed by atoms with E-state index in [1.54, 1.807) is 0 Å². The molecule has 0 radical (unpaired) electrons. The van der Waals surface area contributed by atoms with Gasteiger partial charge in [0.05, 0.1) is 11.4 Å². The first kappa shape index (κ1) is 35.5. The fourth-order valence-electron chi connectivity index (χ4n) is 9.38. The molecule has 1 unspecified atom stereocenters. The van der Waals surface area contributed by atoms with Crippen LogP contribution in [0.1, 0.15) is 23.6 Å². The molecule has 0 amide bonds. The molecule has 1 atom stereocenters. The fraction of sp³-hybridized carbons (Fsp3) is 0.0345. The third-order valence-corrected chi connectivity index (χ3v) is 12.4. The third kappa shape index (κ3) is 5.96. The quantitative estimate of drug-likeness (QED) is 0.162. The molecule has 0 saturated carbocycles. The molecule has 0 aliphatic heterocycles. The van der Waals surface area contributed by atoms with Crippen molar-refractivity contribution in [2.45, 2.75) is 12.3 Å². The van der Waals surface area contributed by atoms with Crippen LogP contribution in [0.2, 0.25) is 0 Å². The Hall–Kier alpha value is -7.68. The predicted molar refractivity (Wildman–Crippen MR) is 250 cm³/mol. The summed E-state index contributed by atoms with van der Waals surface area (Å²) in [5, 5.41) is 2.34. The Morgan fingerprint density at radius 3 is 1.53 bits per heavy atom. The minimum absolute atomic E-state index is 0.340. The third-order valence-electron chi connectivity index (χ3n) is 12.4. The summed E-state index contributed by atoms with van der Waals surface area (Å²) in [5.74, 6) is 0.705. The van der Waals surface area contributed by atoms with Crippen LogP contribution in [0.3, 0.4) is 0 Å². The van der Waals surface area contributed by atoms with E-state index in [1.165, 1.54) is 66.6 Å². The van der Waals surface area contributed by atoms with Gasteiger partial charge in [-0.1, -0.05) is 212 Å². The molecule has 1 aromatic heterocycles. The van der Waals surface area contributed by atoms with E-state index in [1.807, 2.05) is 18.2 Å². The largest absolute Gasteiger partial charge is 0.228 e. The van der Waals surface area contributed by atoms with Crippen molar-refractivity contribution in [1.82, 2.24) is 9.97 Å². The van der Waals surface area contributed by atoms with Gasteiger partial charge >= 0.3 is 0 Å². The van der Waals surface area contributed by atoms with E-state index in [2.05, 4.69) is 213 Å². The highest BCUT2D eigenvalue weighted by molar-refractivity contribution is 6.05. The number of hydrogen-bond donors (Lipinski definition) is 0. The van der Waals surface area contributed by atoms with Gasteiger partial charge in [-0.05, 0) is 91.0 Å². The van der Waals surface area contributed by atoms with Crippen LogP contribution in [-0.4, -0.2) is 9.97 Å². The smallest absolute Gasteiger partial charge is 0.160 e. The molecule has 0 bridgehead atoms. The molecule has 9 aromatic carbocycles. The van der Waals surface area contributed by atoms with Crippen molar-refractivity contribution in [2.75, 3.05) is 0 Å². The Morgan fingerprint density at radius 2 is 0.833 bits per heavy atom. The van der Waals surface area contributed by atoms with Gasteiger partial charge in [-0.15, -0.1) is 0 Å². The van der Waals surface area contributed by atoms with Crippen molar-refractivity contribution in [3.63, 3.8) is 0 Å². The summed E-state index contributed by atoms with van der Waals surface area (Å²) >= 11 is 0. The predicted octanol–water partition coefficient (Wildman–Crippen LogP) is 15.0. The molecule has 10 aromatic rings. The van der Waals surface area contributed by atoms with E-state index >= 15 is 0 Å². The first-order valence-electron chi connectivity index (χ1n) is 20.7. The Bertz CT molecular complexity index is 3180. The SMILES string of the molecule is CC1(c2ccccc2)c2cc(-c3ccc(-c4cc(-c5ccc(-c6ccccc6)cc5)nc(-c5ccccc5)n4)c4ccccc34)ccc2-c2c(-c3ccccc3)cccc21. The maximum Gasteiger partial charge on any atom is 0.160 e. The second-order valence-electron chi connectivity index (χ2n) is 15.8. The molecular formula is C58H40N2. The van der Waals surface area contributed by atoms with Crippen molar-refractivity contribution in [3.8, 4) is 78.4 Å². The average Bonchev–Trinajstić information content (AvgIpc) is 3.60. The van der Waals surface area contributed by atoms with Gasteiger partial charge in [-0.2, -0.15) is 0 Å². The summed E-state index contributed by atoms with van der Waals surface area (Å²) in [5.41, 5.74) is 18.4. The lowest BCUT2D eigenvalue weighted by Crippen LogP contribution is -2.22. The highest BCUT2D eigenvalue weighted by atomic mass is 14.9. The average molecular weight is 765 g/mol. The van der Waals surface area contributed by atoms with Crippen LogP contribution in [0, 0.1) is 0 Å². The van der Waals surface area contributed by atoms with Crippen LogP contribution in [-0.2, 0) is 5.41 Å². The van der Waals surface area contributed by atoms with Crippen LogP contribution in [0.4, 0.5) is 0 Å². The molecule has 60 heavy (non-hydrogen) atoms. The lowest BCUT2D eigenvalue weighted by atomic mass is 9.73. The van der Waals surface area contributed by atoms with E-state index in [9.17, 15) is 0 Å². The molecule has 1 aliphatic rings. The number of fused-ring (bicyclic) bond motifs is 4. The van der Waals surface area contributed by atoms with Gasteiger partial charge < -0.3 is 0 Å². The maximum atomic E-state index is 5.26. The first-order valence-corrected chi connectivity index (χ1v) is 20.7. The Morgan fingerprint density at radius 1 is 0.317 bits per heavy atom. The Labute approximate surface area is 351 Å². The van der Waals surface area contributed by atoms with Gasteiger partial charge in [-0.25, -0.2) is 9.97 Å². The molecular weight excluding hydrogens is 725 g/mol. The van der Waals surface area contributed by atoms with Gasteiger partial charge in [0.2, 0.25) is 0 Å². The molecule has 0 saturated heterocycles. The van der Waals surface area contributed by atoms with Crippen molar-refractivity contribution >= 4 is 10.8 Å². The summed E-state index contributed by atoms with van der Waals surface area (Å²) < 4.78 is 0. The van der Waals surface area contributed by atoms with Crippen LogP contribution in [0.15, 0.2) is 224 Å². The maximum absolute atomic E-state index is 5.26. The summed E-state index contributed by atoms with van der Waals surface area (Å²) in [6, 6.07) is 80.7. The van der Waals surface area contributed by atoms with Crippen molar-refractivity contribution in [1.29, 1.82) is 0 Å².